The number of rotatable bonds is 3. The normalized spacial score (nSPS) is 11.5. The van der Waals surface area contributed by atoms with Crippen LogP contribution in [0.1, 0.15) is 12.5 Å². The molecule has 0 atom stereocenters. The highest BCUT2D eigenvalue weighted by molar-refractivity contribution is 6.30. The van der Waals surface area contributed by atoms with Crippen LogP contribution in [0, 0.1) is 0 Å². The van der Waals surface area contributed by atoms with Crippen molar-refractivity contribution in [2.45, 2.75) is 6.92 Å². The van der Waals surface area contributed by atoms with Gasteiger partial charge in [-0.05, 0) is 30.7 Å². The predicted molar refractivity (Wildman–Crippen MR) is 60.8 cm³/mol. The van der Waals surface area contributed by atoms with Gasteiger partial charge >= 0.3 is 0 Å². The number of allylic oxidation sites excluding steroid dienone is 1. The summed E-state index contributed by atoms with van der Waals surface area (Å²) in [6.07, 6.45) is 1.77. The number of hydrogen-bond donors (Lipinski definition) is 0. The van der Waals surface area contributed by atoms with E-state index in [9.17, 15) is 4.79 Å². The summed E-state index contributed by atoms with van der Waals surface area (Å²) in [7, 11) is 0. The lowest BCUT2D eigenvalue weighted by atomic mass is 10.1. The van der Waals surface area contributed by atoms with E-state index < -0.39 is 0 Å². The zero-order valence-electron chi connectivity index (χ0n) is 7.76. The van der Waals surface area contributed by atoms with Gasteiger partial charge in [-0.15, -0.1) is 11.6 Å². The van der Waals surface area contributed by atoms with Crippen molar-refractivity contribution >= 4 is 35.1 Å². The Labute approximate surface area is 93.3 Å². The summed E-state index contributed by atoms with van der Waals surface area (Å²) in [5.41, 5.74) is 1.54. The Balaban J connectivity index is 2.95. The second-order valence-corrected chi connectivity index (χ2v) is 3.61. The van der Waals surface area contributed by atoms with E-state index in [0.717, 1.165) is 5.56 Å². The summed E-state index contributed by atoms with van der Waals surface area (Å²) < 4.78 is 0. The minimum Gasteiger partial charge on any atom is -0.295 e. The number of carbonyl (C=O) groups excluding carboxylic acids is 1. The largest absolute Gasteiger partial charge is 0.295 e. The van der Waals surface area contributed by atoms with Gasteiger partial charge in [-0.3, -0.25) is 4.79 Å². The third-order valence-corrected chi connectivity index (χ3v) is 2.35. The number of halogens is 2. The molecule has 0 saturated heterocycles. The third-order valence-electron chi connectivity index (χ3n) is 1.81. The van der Waals surface area contributed by atoms with Crippen LogP contribution in [0.2, 0.25) is 5.02 Å². The van der Waals surface area contributed by atoms with Crippen LogP contribution in [-0.4, -0.2) is 11.7 Å². The molecule has 0 aliphatic heterocycles. The first kappa shape index (κ1) is 11.3. The molecular formula is C11H10Cl2O. The van der Waals surface area contributed by atoms with Crippen molar-refractivity contribution in [2.24, 2.45) is 0 Å². The molecule has 0 unspecified atom stereocenters. The molecule has 3 heteroatoms. The molecule has 0 heterocycles. The van der Waals surface area contributed by atoms with Gasteiger partial charge in [0.15, 0.2) is 5.78 Å². The van der Waals surface area contributed by atoms with Crippen molar-refractivity contribution < 1.29 is 4.79 Å². The highest BCUT2D eigenvalue weighted by atomic mass is 35.5. The zero-order valence-corrected chi connectivity index (χ0v) is 9.27. The maximum absolute atomic E-state index is 11.1. The lowest BCUT2D eigenvalue weighted by molar-refractivity contribution is -0.113. The summed E-state index contributed by atoms with van der Waals surface area (Å²) in [4.78, 5) is 11.1. The highest BCUT2D eigenvalue weighted by Gasteiger charge is 2.01. The van der Waals surface area contributed by atoms with Crippen LogP contribution in [0.4, 0.5) is 0 Å². The molecule has 1 nitrogen and oxygen atoms in total. The predicted octanol–water partition coefficient (Wildman–Crippen LogP) is 3.55. The average Bonchev–Trinajstić information content (AvgIpc) is 2.16. The van der Waals surface area contributed by atoms with Gasteiger partial charge < -0.3 is 0 Å². The molecule has 0 fully saturated rings. The van der Waals surface area contributed by atoms with Crippen LogP contribution in [0.5, 0.6) is 0 Å². The first-order valence-corrected chi connectivity index (χ1v) is 5.08. The van der Waals surface area contributed by atoms with Crippen molar-refractivity contribution in [1.29, 1.82) is 0 Å². The number of benzene rings is 1. The number of Topliss-reactive ketones (excluding diaryl/α,β-unsaturated/α-hetero) is 1. The van der Waals surface area contributed by atoms with Gasteiger partial charge in [-0.2, -0.15) is 0 Å². The molecule has 0 bridgehead atoms. The molecule has 1 aromatic carbocycles. The first-order valence-electron chi connectivity index (χ1n) is 4.16. The molecule has 0 spiro atoms. The summed E-state index contributed by atoms with van der Waals surface area (Å²) >= 11 is 11.4. The Hall–Kier alpha value is -0.790. The fourth-order valence-corrected chi connectivity index (χ4v) is 1.39. The second kappa shape index (κ2) is 5.18. The van der Waals surface area contributed by atoms with Gasteiger partial charge in [-0.25, -0.2) is 0 Å². The van der Waals surface area contributed by atoms with Gasteiger partial charge in [0.2, 0.25) is 0 Å². The molecule has 0 amide bonds. The van der Waals surface area contributed by atoms with Crippen LogP contribution in [-0.2, 0) is 4.79 Å². The molecular weight excluding hydrogens is 219 g/mol. The summed E-state index contributed by atoms with van der Waals surface area (Å²) in [5.74, 6) is 0.229. The molecule has 74 valence electrons. The number of hydrogen-bond acceptors (Lipinski definition) is 1. The fourth-order valence-electron chi connectivity index (χ4n) is 0.994. The monoisotopic (exact) mass is 228 g/mol. The Morgan fingerprint density at radius 2 is 1.93 bits per heavy atom. The molecule has 14 heavy (non-hydrogen) atoms. The Morgan fingerprint density at radius 1 is 1.36 bits per heavy atom. The van der Waals surface area contributed by atoms with Gasteiger partial charge in [0.25, 0.3) is 0 Å². The lowest BCUT2D eigenvalue weighted by Crippen LogP contribution is -1.97. The number of carbonyl (C=O) groups is 1. The van der Waals surface area contributed by atoms with Gasteiger partial charge in [-0.1, -0.05) is 23.7 Å². The number of alkyl halides is 1. The highest BCUT2D eigenvalue weighted by Crippen LogP contribution is 2.13. The Bertz CT molecular complexity index is 352. The molecule has 0 aromatic heterocycles. The van der Waals surface area contributed by atoms with Gasteiger partial charge in [0.05, 0.1) is 5.88 Å². The van der Waals surface area contributed by atoms with E-state index in [1.54, 1.807) is 18.2 Å². The van der Waals surface area contributed by atoms with Crippen LogP contribution in [0.25, 0.3) is 6.08 Å². The third kappa shape index (κ3) is 3.17. The van der Waals surface area contributed by atoms with Crippen LogP contribution >= 0.6 is 23.2 Å². The van der Waals surface area contributed by atoms with E-state index in [0.29, 0.717) is 10.6 Å². The van der Waals surface area contributed by atoms with Crippen molar-refractivity contribution in [1.82, 2.24) is 0 Å². The van der Waals surface area contributed by atoms with E-state index in [1.807, 2.05) is 12.1 Å². The maximum atomic E-state index is 11.1. The Kier molecular flexibility index (Phi) is 4.18. The van der Waals surface area contributed by atoms with E-state index in [-0.39, 0.29) is 11.7 Å². The standard InChI is InChI=1S/C11H10Cl2O/c1-8(14)10(7-12)6-9-2-4-11(13)5-3-9/h2-6H,7H2,1H3/b10-6+. The summed E-state index contributed by atoms with van der Waals surface area (Å²) in [6.45, 7) is 1.50. The maximum Gasteiger partial charge on any atom is 0.157 e. The summed E-state index contributed by atoms with van der Waals surface area (Å²) in [6, 6.07) is 7.24. The molecule has 0 radical (unpaired) electrons. The molecule has 0 aliphatic carbocycles. The fraction of sp³-hybridized carbons (Fsp3) is 0.182. The first-order chi connectivity index (χ1) is 6.63. The zero-order chi connectivity index (χ0) is 10.6. The lowest BCUT2D eigenvalue weighted by Gasteiger charge is -1.98. The quantitative estimate of drug-likeness (QED) is 0.572. The topological polar surface area (TPSA) is 17.1 Å². The molecule has 1 rings (SSSR count). The minimum atomic E-state index is -0.00468. The van der Waals surface area contributed by atoms with Crippen LogP contribution in [0.15, 0.2) is 29.8 Å². The summed E-state index contributed by atoms with van der Waals surface area (Å²) in [5, 5.41) is 0.678. The van der Waals surface area contributed by atoms with Crippen molar-refractivity contribution in [3.8, 4) is 0 Å². The van der Waals surface area contributed by atoms with E-state index >= 15 is 0 Å². The molecule has 0 N–H and O–H groups in total. The minimum absolute atomic E-state index is 0.00468. The Morgan fingerprint density at radius 3 is 2.36 bits per heavy atom. The smallest absolute Gasteiger partial charge is 0.157 e. The number of ketones is 1. The average molecular weight is 229 g/mol. The van der Waals surface area contributed by atoms with Crippen LogP contribution in [0.3, 0.4) is 0 Å². The van der Waals surface area contributed by atoms with E-state index in [2.05, 4.69) is 0 Å². The van der Waals surface area contributed by atoms with Crippen molar-refractivity contribution in [3.05, 3.63) is 40.4 Å². The van der Waals surface area contributed by atoms with Gasteiger partial charge in [0.1, 0.15) is 0 Å². The van der Waals surface area contributed by atoms with E-state index in [4.69, 9.17) is 23.2 Å². The van der Waals surface area contributed by atoms with Crippen molar-refractivity contribution in [3.63, 3.8) is 0 Å². The molecule has 0 aliphatic rings. The second-order valence-electron chi connectivity index (χ2n) is 2.91. The van der Waals surface area contributed by atoms with Crippen molar-refractivity contribution in [2.75, 3.05) is 5.88 Å². The SMILES string of the molecule is CC(=O)/C(=C/c1ccc(Cl)cc1)CCl. The van der Waals surface area contributed by atoms with E-state index in [1.165, 1.54) is 6.92 Å². The van der Waals surface area contributed by atoms with Gasteiger partial charge in [0, 0.05) is 10.6 Å². The molecule has 0 saturated carbocycles. The molecule has 1 aromatic rings. The van der Waals surface area contributed by atoms with Crippen LogP contribution < -0.4 is 0 Å².